The molecule has 3 nitrogen and oxygen atoms in total. The summed E-state index contributed by atoms with van der Waals surface area (Å²) in [5, 5.41) is 0. The number of nitrogens with zero attached hydrogens (tertiary/aromatic N) is 1. The molecule has 1 heterocycles. The van der Waals surface area contributed by atoms with Crippen molar-refractivity contribution >= 4 is 5.69 Å². The third-order valence-electron chi connectivity index (χ3n) is 3.58. The lowest BCUT2D eigenvalue weighted by molar-refractivity contribution is 0.0685. The van der Waals surface area contributed by atoms with E-state index in [1.54, 1.807) is 6.07 Å². The van der Waals surface area contributed by atoms with Gasteiger partial charge in [-0.05, 0) is 30.9 Å². The molecule has 0 bridgehead atoms. The molecule has 1 aliphatic heterocycles. The highest BCUT2D eigenvalue weighted by Gasteiger charge is 2.18. The van der Waals surface area contributed by atoms with Gasteiger partial charge in [0.1, 0.15) is 5.82 Å². The lowest BCUT2D eigenvalue weighted by atomic mass is 9.99. The lowest BCUT2D eigenvalue weighted by Gasteiger charge is -2.29. The minimum absolute atomic E-state index is 0.214. The van der Waals surface area contributed by atoms with Crippen LogP contribution in [0.5, 0.6) is 0 Å². The van der Waals surface area contributed by atoms with Crippen LogP contribution < -0.4 is 10.6 Å². The number of hydrogen-bond acceptors (Lipinski definition) is 3. The predicted molar refractivity (Wildman–Crippen MR) is 71.1 cm³/mol. The van der Waals surface area contributed by atoms with Crippen LogP contribution in [0.15, 0.2) is 18.2 Å². The van der Waals surface area contributed by atoms with Crippen LogP contribution in [0, 0.1) is 11.7 Å². The Morgan fingerprint density at radius 1 is 1.39 bits per heavy atom. The van der Waals surface area contributed by atoms with E-state index in [-0.39, 0.29) is 12.4 Å². The summed E-state index contributed by atoms with van der Waals surface area (Å²) in [4.78, 5) is 2.11. The Morgan fingerprint density at radius 2 is 2.11 bits per heavy atom. The molecule has 1 aliphatic rings. The number of rotatable bonds is 4. The van der Waals surface area contributed by atoms with E-state index in [0.717, 1.165) is 38.3 Å². The van der Waals surface area contributed by atoms with Crippen molar-refractivity contribution in [2.75, 3.05) is 31.7 Å². The van der Waals surface area contributed by atoms with Crippen molar-refractivity contribution in [3.05, 3.63) is 29.6 Å². The molecule has 0 unspecified atom stereocenters. The van der Waals surface area contributed by atoms with E-state index in [2.05, 4.69) is 4.90 Å². The standard InChI is InChI=1S/C14H21FN2O/c1-17(10-11-5-7-18-8-6-11)14-4-2-3-13(15)12(14)9-16/h2-4,11H,5-10,16H2,1H3. The van der Waals surface area contributed by atoms with Crippen molar-refractivity contribution in [3.8, 4) is 0 Å². The first-order valence-corrected chi connectivity index (χ1v) is 6.48. The third kappa shape index (κ3) is 3.00. The molecule has 18 heavy (non-hydrogen) atoms. The van der Waals surface area contributed by atoms with Gasteiger partial charge < -0.3 is 15.4 Å². The molecule has 0 amide bonds. The summed E-state index contributed by atoms with van der Waals surface area (Å²) in [6.07, 6.45) is 2.16. The normalized spacial score (nSPS) is 16.8. The van der Waals surface area contributed by atoms with Gasteiger partial charge in [-0.3, -0.25) is 0 Å². The molecule has 0 aliphatic carbocycles. The maximum Gasteiger partial charge on any atom is 0.129 e. The van der Waals surface area contributed by atoms with Crippen LogP contribution in [-0.2, 0) is 11.3 Å². The minimum Gasteiger partial charge on any atom is -0.381 e. The fraction of sp³-hybridized carbons (Fsp3) is 0.571. The third-order valence-corrected chi connectivity index (χ3v) is 3.58. The number of anilines is 1. The van der Waals surface area contributed by atoms with E-state index in [4.69, 9.17) is 10.5 Å². The smallest absolute Gasteiger partial charge is 0.129 e. The Labute approximate surface area is 108 Å². The summed E-state index contributed by atoms with van der Waals surface area (Å²) in [6.45, 7) is 2.84. The summed E-state index contributed by atoms with van der Waals surface area (Å²) >= 11 is 0. The Morgan fingerprint density at radius 3 is 2.78 bits per heavy atom. The van der Waals surface area contributed by atoms with E-state index in [0.29, 0.717) is 11.5 Å². The van der Waals surface area contributed by atoms with Crippen LogP contribution >= 0.6 is 0 Å². The van der Waals surface area contributed by atoms with Crippen molar-refractivity contribution < 1.29 is 9.13 Å². The molecule has 4 heteroatoms. The number of benzene rings is 1. The fourth-order valence-electron chi connectivity index (χ4n) is 2.52. The number of halogens is 1. The van der Waals surface area contributed by atoms with Crippen molar-refractivity contribution in [1.82, 2.24) is 0 Å². The van der Waals surface area contributed by atoms with Crippen LogP contribution in [0.4, 0.5) is 10.1 Å². The monoisotopic (exact) mass is 252 g/mol. The molecule has 0 radical (unpaired) electrons. The van der Waals surface area contributed by atoms with E-state index < -0.39 is 0 Å². The van der Waals surface area contributed by atoms with Gasteiger partial charge in [-0.15, -0.1) is 0 Å². The SMILES string of the molecule is CN(CC1CCOCC1)c1cccc(F)c1CN. The quantitative estimate of drug-likeness (QED) is 0.892. The summed E-state index contributed by atoms with van der Waals surface area (Å²) in [5.74, 6) is 0.409. The van der Waals surface area contributed by atoms with Gasteiger partial charge in [0, 0.05) is 44.6 Å². The molecular formula is C14H21FN2O. The van der Waals surface area contributed by atoms with E-state index in [1.165, 1.54) is 6.07 Å². The first-order chi connectivity index (χ1) is 8.72. The van der Waals surface area contributed by atoms with E-state index in [1.807, 2.05) is 13.1 Å². The van der Waals surface area contributed by atoms with Gasteiger partial charge >= 0.3 is 0 Å². The molecular weight excluding hydrogens is 231 g/mol. The van der Waals surface area contributed by atoms with Gasteiger partial charge in [-0.25, -0.2) is 4.39 Å². The minimum atomic E-state index is -0.214. The highest BCUT2D eigenvalue weighted by molar-refractivity contribution is 5.53. The fourth-order valence-corrected chi connectivity index (χ4v) is 2.52. The molecule has 0 atom stereocenters. The molecule has 1 aromatic rings. The van der Waals surface area contributed by atoms with Crippen LogP contribution in [-0.4, -0.2) is 26.8 Å². The molecule has 0 saturated carbocycles. The first-order valence-electron chi connectivity index (χ1n) is 6.48. The van der Waals surface area contributed by atoms with Crippen LogP contribution in [0.25, 0.3) is 0 Å². The number of hydrogen-bond donors (Lipinski definition) is 1. The Kier molecular flexibility index (Phi) is 4.55. The summed E-state index contributed by atoms with van der Waals surface area (Å²) in [5.41, 5.74) is 7.15. The zero-order valence-electron chi connectivity index (χ0n) is 10.9. The van der Waals surface area contributed by atoms with E-state index in [9.17, 15) is 4.39 Å². The summed E-state index contributed by atoms with van der Waals surface area (Å²) < 4.78 is 19.0. The molecule has 1 aromatic carbocycles. The second-order valence-corrected chi connectivity index (χ2v) is 4.88. The van der Waals surface area contributed by atoms with Gasteiger partial charge in [0.25, 0.3) is 0 Å². The maximum absolute atomic E-state index is 13.7. The molecule has 1 saturated heterocycles. The van der Waals surface area contributed by atoms with E-state index >= 15 is 0 Å². The van der Waals surface area contributed by atoms with Crippen molar-refractivity contribution in [3.63, 3.8) is 0 Å². The highest BCUT2D eigenvalue weighted by Crippen LogP contribution is 2.24. The van der Waals surface area contributed by atoms with Crippen molar-refractivity contribution in [2.45, 2.75) is 19.4 Å². The second kappa shape index (κ2) is 6.16. The van der Waals surface area contributed by atoms with Gasteiger partial charge in [-0.1, -0.05) is 6.07 Å². The van der Waals surface area contributed by atoms with Crippen LogP contribution in [0.3, 0.4) is 0 Å². The molecule has 100 valence electrons. The highest BCUT2D eigenvalue weighted by atomic mass is 19.1. The largest absolute Gasteiger partial charge is 0.381 e. The zero-order valence-corrected chi connectivity index (χ0v) is 10.9. The van der Waals surface area contributed by atoms with Gasteiger partial charge in [0.2, 0.25) is 0 Å². The van der Waals surface area contributed by atoms with Crippen LogP contribution in [0.2, 0.25) is 0 Å². The Bertz CT molecular complexity index is 391. The van der Waals surface area contributed by atoms with Gasteiger partial charge in [0.15, 0.2) is 0 Å². The van der Waals surface area contributed by atoms with Crippen LogP contribution in [0.1, 0.15) is 18.4 Å². The van der Waals surface area contributed by atoms with Gasteiger partial charge in [0.05, 0.1) is 0 Å². The molecule has 2 N–H and O–H groups in total. The lowest BCUT2D eigenvalue weighted by Crippen LogP contribution is -2.30. The summed E-state index contributed by atoms with van der Waals surface area (Å²) in [7, 11) is 2.00. The number of ether oxygens (including phenoxy) is 1. The molecule has 1 fully saturated rings. The average molecular weight is 252 g/mol. The van der Waals surface area contributed by atoms with Crippen molar-refractivity contribution in [1.29, 1.82) is 0 Å². The Hall–Kier alpha value is -1.13. The molecule has 0 spiro atoms. The zero-order chi connectivity index (χ0) is 13.0. The number of nitrogens with two attached hydrogens (primary N) is 1. The summed E-state index contributed by atoms with van der Waals surface area (Å²) in [6, 6.07) is 5.14. The average Bonchev–Trinajstić information content (AvgIpc) is 2.39. The van der Waals surface area contributed by atoms with Gasteiger partial charge in [-0.2, -0.15) is 0 Å². The molecule has 0 aromatic heterocycles. The maximum atomic E-state index is 13.7. The topological polar surface area (TPSA) is 38.5 Å². The Balaban J connectivity index is 2.07. The first kappa shape index (κ1) is 13.3. The van der Waals surface area contributed by atoms with Crippen molar-refractivity contribution in [2.24, 2.45) is 11.7 Å². The molecule has 2 rings (SSSR count). The predicted octanol–water partition coefficient (Wildman–Crippen LogP) is 2.15. The second-order valence-electron chi connectivity index (χ2n) is 4.88.